The smallest absolute Gasteiger partial charge is 0.178 e. The van der Waals surface area contributed by atoms with Gasteiger partial charge in [0.05, 0.1) is 7.11 Å². The van der Waals surface area contributed by atoms with E-state index in [9.17, 15) is 0 Å². The van der Waals surface area contributed by atoms with Crippen LogP contribution in [-0.4, -0.2) is 7.11 Å². The molecule has 3 aliphatic rings. The number of benzene rings is 5. The van der Waals surface area contributed by atoms with Gasteiger partial charge in [-0.2, -0.15) is 0 Å². The molecule has 2 nitrogen and oxygen atoms in total. The first-order chi connectivity index (χ1) is 20.7. The fourth-order valence-corrected chi connectivity index (χ4v) is 7.72. The predicted octanol–water partition coefficient (Wildman–Crippen LogP) is 10.0. The summed E-state index contributed by atoms with van der Waals surface area (Å²) in [7, 11) is 1.72. The summed E-state index contributed by atoms with van der Waals surface area (Å²) < 4.78 is 13.0. The van der Waals surface area contributed by atoms with Gasteiger partial charge in [0.2, 0.25) is 0 Å². The van der Waals surface area contributed by atoms with Gasteiger partial charge in [0, 0.05) is 22.3 Å². The summed E-state index contributed by atoms with van der Waals surface area (Å²) in [5, 5.41) is 2.55. The van der Waals surface area contributed by atoms with E-state index < -0.39 is 5.60 Å². The van der Waals surface area contributed by atoms with E-state index in [1.165, 1.54) is 76.3 Å². The quantitative estimate of drug-likeness (QED) is 0.222. The highest BCUT2D eigenvalue weighted by molar-refractivity contribution is 6.06. The number of ether oxygens (including phenoxy) is 2. The summed E-state index contributed by atoms with van der Waals surface area (Å²) in [5.74, 6) is 2.54. The Morgan fingerprint density at radius 3 is 2.17 bits per heavy atom. The van der Waals surface area contributed by atoms with Crippen LogP contribution in [0, 0.1) is 0 Å². The van der Waals surface area contributed by atoms with Gasteiger partial charge in [0.1, 0.15) is 11.5 Å². The van der Waals surface area contributed by atoms with Crippen LogP contribution in [0.5, 0.6) is 11.5 Å². The van der Waals surface area contributed by atoms with E-state index in [1.807, 2.05) is 12.1 Å². The molecule has 1 heterocycles. The summed E-state index contributed by atoms with van der Waals surface area (Å²) in [5.41, 5.74) is 9.58. The zero-order valence-corrected chi connectivity index (χ0v) is 24.2. The van der Waals surface area contributed by atoms with Crippen molar-refractivity contribution in [2.24, 2.45) is 0 Å². The average Bonchev–Trinajstić information content (AvgIpc) is 3.08. The minimum atomic E-state index is -0.739. The normalized spacial score (nSPS) is 19.5. The number of aryl methyl sites for hydroxylation is 1. The molecule has 1 aliphatic heterocycles. The lowest BCUT2D eigenvalue weighted by atomic mass is 9.77. The van der Waals surface area contributed by atoms with E-state index in [2.05, 4.69) is 97.1 Å². The van der Waals surface area contributed by atoms with Crippen LogP contribution in [0.15, 0.2) is 103 Å². The summed E-state index contributed by atoms with van der Waals surface area (Å²) in [6.07, 6.45) is 13.2. The molecule has 5 aromatic rings. The first-order valence-electron chi connectivity index (χ1n) is 15.5. The molecule has 0 radical (unpaired) electrons. The van der Waals surface area contributed by atoms with Crippen LogP contribution < -0.4 is 9.47 Å². The van der Waals surface area contributed by atoms with E-state index in [0.717, 1.165) is 35.5 Å². The lowest BCUT2D eigenvalue weighted by Gasteiger charge is -2.39. The summed E-state index contributed by atoms with van der Waals surface area (Å²) in [4.78, 5) is 0. The molecule has 1 fully saturated rings. The van der Waals surface area contributed by atoms with Crippen molar-refractivity contribution >= 4 is 16.8 Å². The second-order valence-corrected chi connectivity index (χ2v) is 12.2. The zero-order chi connectivity index (χ0) is 28.1. The second-order valence-electron chi connectivity index (χ2n) is 12.2. The van der Waals surface area contributed by atoms with Gasteiger partial charge in [0.25, 0.3) is 0 Å². The molecule has 2 aliphatic carbocycles. The molecular formula is C40H36O2. The SMILES string of the molecule is COc1ccc(C2(c3ccc(C4CCCCC4)cc3)C=Cc3c(c4c(c5ccccc35)-c3ccccc3CC4)O2)cc1. The van der Waals surface area contributed by atoms with Gasteiger partial charge < -0.3 is 9.47 Å². The van der Waals surface area contributed by atoms with Crippen molar-refractivity contribution in [1.29, 1.82) is 0 Å². The van der Waals surface area contributed by atoms with Crippen LogP contribution in [0.2, 0.25) is 0 Å². The molecule has 1 saturated carbocycles. The number of hydrogen-bond donors (Lipinski definition) is 0. The van der Waals surface area contributed by atoms with Crippen LogP contribution in [0.4, 0.5) is 0 Å². The number of hydrogen-bond acceptors (Lipinski definition) is 2. The molecule has 2 heteroatoms. The highest BCUT2D eigenvalue weighted by Crippen LogP contribution is 2.51. The van der Waals surface area contributed by atoms with Crippen molar-refractivity contribution in [3.05, 3.63) is 137 Å². The molecule has 5 aromatic carbocycles. The molecule has 8 rings (SSSR count). The van der Waals surface area contributed by atoms with Crippen LogP contribution >= 0.6 is 0 Å². The summed E-state index contributed by atoms with van der Waals surface area (Å²) in [6, 6.07) is 35.5. The molecule has 0 saturated heterocycles. The monoisotopic (exact) mass is 548 g/mol. The third-order valence-corrected chi connectivity index (χ3v) is 9.92. The Kier molecular flexibility index (Phi) is 6.17. The lowest BCUT2D eigenvalue weighted by Crippen LogP contribution is -2.35. The lowest BCUT2D eigenvalue weighted by molar-refractivity contribution is 0.159. The first kappa shape index (κ1) is 25.4. The van der Waals surface area contributed by atoms with E-state index in [1.54, 1.807) is 7.11 Å². The number of rotatable bonds is 4. The van der Waals surface area contributed by atoms with Gasteiger partial charge in [-0.3, -0.25) is 0 Å². The second kappa shape index (κ2) is 10.2. The van der Waals surface area contributed by atoms with Crippen molar-refractivity contribution in [3.8, 4) is 22.6 Å². The zero-order valence-electron chi connectivity index (χ0n) is 24.2. The molecule has 0 spiro atoms. The third kappa shape index (κ3) is 4.00. The number of methoxy groups -OCH3 is 1. The van der Waals surface area contributed by atoms with Gasteiger partial charge in [-0.15, -0.1) is 0 Å². The van der Waals surface area contributed by atoms with Gasteiger partial charge in [-0.05, 0) is 88.9 Å². The fourth-order valence-electron chi connectivity index (χ4n) is 7.72. The highest BCUT2D eigenvalue weighted by Gasteiger charge is 2.40. The maximum atomic E-state index is 7.44. The minimum Gasteiger partial charge on any atom is -0.497 e. The Morgan fingerprint density at radius 2 is 1.40 bits per heavy atom. The topological polar surface area (TPSA) is 18.5 Å². The molecule has 208 valence electrons. The van der Waals surface area contributed by atoms with Crippen molar-refractivity contribution in [2.75, 3.05) is 7.11 Å². The summed E-state index contributed by atoms with van der Waals surface area (Å²) >= 11 is 0. The molecule has 42 heavy (non-hydrogen) atoms. The van der Waals surface area contributed by atoms with Gasteiger partial charge in [-0.1, -0.05) is 104 Å². The highest BCUT2D eigenvalue weighted by atomic mass is 16.5. The van der Waals surface area contributed by atoms with Gasteiger partial charge in [0.15, 0.2) is 5.60 Å². The Morgan fingerprint density at radius 1 is 0.714 bits per heavy atom. The maximum absolute atomic E-state index is 7.44. The van der Waals surface area contributed by atoms with E-state index >= 15 is 0 Å². The molecule has 0 amide bonds. The van der Waals surface area contributed by atoms with Crippen LogP contribution in [-0.2, 0) is 18.4 Å². The molecule has 0 bridgehead atoms. The minimum absolute atomic E-state index is 0.673. The molecule has 1 atom stereocenters. The Balaban J connectivity index is 1.33. The van der Waals surface area contributed by atoms with Crippen molar-refractivity contribution in [1.82, 2.24) is 0 Å². The van der Waals surface area contributed by atoms with Crippen molar-refractivity contribution < 1.29 is 9.47 Å². The molecule has 1 unspecified atom stereocenters. The van der Waals surface area contributed by atoms with Crippen molar-refractivity contribution in [2.45, 2.75) is 56.5 Å². The predicted molar refractivity (Wildman–Crippen MR) is 172 cm³/mol. The van der Waals surface area contributed by atoms with Crippen molar-refractivity contribution in [3.63, 3.8) is 0 Å². The van der Waals surface area contributed by atoms with Crippen LogP contribution in [0.1, 0.15) is 71.4 Å². The molecule has 0 N–H and O–H groups in total. The molecular weight excluding hydrogens is 512 g/mol. The standard InChI is InChI=1S/C40H36O2/c1-41-32-22-20-31(21-23-32)40(30-18-15-28(16-19-30)27-9-3-2-4-10-27)26-25-36-34-13-7-8-14-35(34)38-33-12-6-5-11-29(33)17-24-37(38)39(36)42-40/h5-8,11-16,18-23,25-27H,2-4,9-10,17,24H2,1H3. The largest absolute Gasteiger partial charge is 0.497 e. The molecule has 0 aromatic heterocycles. The summed E-state index contributed by atoms with van der Waals surface area (Å²) in [6.45, 7) is 0. The van der Waals surface area contributed by atoms with Crippen LogP contribution in [0.3, 0.4) is 0 Å². The van der Waals surface area contributed by atoms with E-state index in [0.29, 0.717) is 5.92 Å². The van der Waals surface area contributed by atoms with Gasteiger partial charge >= 0.3 is 0 Å². The van der Waals surface area contributed by atoms with E-state index in [-0.39, 0.29) is 0 Å². The Labute approximate surface area is 248 Å². The van der Waals surface area contributed by atoms with Gasteiger partial charge in [-0.25, -0.2) is 0 Å². The fraction of sp³-hybridized carbons (Fsp3) is 0.250. The first-order valence-corrected chi connectivity index (χ1v) is 15.5. The number of fused-ring (bicyclic) bond motifs is 8. The third-order valence-electron chi connectivity index (χ3n) is 9.92. The maximum Gasteiger partial charge on any atom is 0.178 e. The van der Waals surface area contributed by atoms with E-state index in [4.69, 9.17) is 9.47 Å². The average molecular weight is 549 g/mol. The Bertz CT molecular complexity index is 1810. The Hall–Kier alpha value is -4.30. The van der Waals surface area contributed by atoms with Crippen LogP contribution in [0.25, 0.3) is 28.0 Å².